The molecular formula is C30H43F3O2. The number of allylic oxidation sites excluding steroid dienone is 1. The average molecular weight is 493 g/mol. The fraction of sp³-hybridized carbons (Fsp3) is 0.733. The molecule has 1 saturated heterocycles. The van der Waals surface area contributed by atoms with E-state index in [1.165, 1.54) is 57.8 Å². The highest BCUT2D eigenvalue weighted by atomic mass is 19.2. The summed E-state index contributed by atoms with van der Waals surface area (Å²) in [4.78, 5) is 0. The van der Waals surface area contributed by atoms with Crippen LogP contribution in [0.3, 0.4) is 0 Å². The zero-order valence-corrected chi connectivity index (χ0v) is 21.3. The smallest absolute Gasteiger partial charge is 0.200 e. The number of ether oxygens (including phenoxy) is 2. The molecule has 0 spiro atoms. The van der Waals surface area contributed by atoms with Gasteiger partial charge in [0, 0.05) is 0 Å². The van der Waals surface area contributed by atoms with E-state index < -0.39 is 18.3 Å². The summed E-state index contributed by atoms with van der Waals surface area (Å²) in [5, 5.41) is 0. The van der Waals surface area contributed by atoms with Crippen molar-refractivity contribution in [2.24, 2.45) is 29.6 Å². The quantitative estimate of drug-likeness (QED) is 0.323. The molecule has 1 heterocycles. The van der Waals surface area contributed by atoms with E-state index in [4.69, 9.17) is 9.47 Å². The lowest BCUT2D eigenvalue weighted by atomic mass is 9.66. The molecule has 196 valence electrons. The first-order chi connectivity index (χ1) is 17.1. The molecule has 2 unspecified atom stereocenters. The Labute approximate surface area is 209 Å². The van der Waals surface area contributed by atoms with E-state index in [-0.39, 0.29) is 11.9 Å². The largest absolute Gasteiger partial charge is 0.491 e. The number of alkyl halides is 1. The van der Waals surface area contributed by atoms with E-state index in [1.807, 2.05) is 6.08 Å². The summed E-state index contributed by atoms with van der Waals surface area (Å²) in [6, 6.07) is 3.25. The first kappa shape index (κ1) is 26.6. The lowest BCUT2D eigenvalue weighted by molar-refractivity contribution is -0.0193. The van der Waals surface area contributed by atoms with Gasteiger partial charge in [-0.1, -0.05) is 31.1 Å². The van der Waals surface area contributed by atoms with Crippen molar-refractivity contribution in [3.8, 4) is 5.75 Å². The first-order valence-corrected chi connectivity index (χ1v) is 14.0. The molecule has 1 aromatic rings. The zero-order chi connectivity index (χ0) is 24.6. The standard InChI is InChI=1S/C30H43F3O2/c1-2-34-28-18-16-25(29(32)30(28)33)10-7-21-5-8-22(9-6-21)23-11-13-24(14-12-23)26-15-17-27(35-20-26)4-3-19-31/h3-4,16,18,21-24,26-27H,2,5-15,17,19-20H2,1H3/b4-3+. The van der Waals surface area contributed by atoms with Gasteiger partial charge < -0.3 is 9.47 Å². The minimum absolute atomic E-state index is 0.00919. The van der Waals surface area contributed by atoms with Crippen LogP contribution in [0.2, 0.25) is 0 Å². The van der Waals surface area contributed by atoms with Gasteiger partial charge in [0.05, 0.1) is 19.3 Å². The minimum atomic E-state index is -0.850. The van der Waals surface area contributed by atoms with E-state index in [1.54, 1.807) is 25.1 Å². The lowest BCUT2D eigenvalue weighted by Crippen LogP contribution is -2.33. The molecule has 0 N–H and O–H groups in total. The van der Waals surface area contributed by atoms with E-state index in [0.29, 0.717) is 30.4 Å². The number of aryl methyl sites for hydroxylation is 1. The molecule has 2 aliphatic carbocycles. The fourth-order valence-corrected chi connectivity index (χ4v) is 6.95. The molecule has 1 aromatic carbocycles. The van der Waals surface area contributed by atoms with Gasteiger partial charge in [0.1, 0.15) is 6.67 Å². The Morgan fingerprint density at radius 1 is 0.857 bits per heavy atom. The average Bonchev–Trinajstić information content (AvgIpc) is 2.90. The number of hydrogen-bond donors (Lipinski definition) is 0. The van der Waals surface area contributed by atoms with Crippen molar-refractivity contribution in [2.45, 2.75) is 90.1 Å². The van der Waals surface area contributed by atoms with Crippen molar-refractivity contribution in [1.29, 1.82) is 0 Å². The summed E-state index contributed by atoms with van der Waals surface area (Å²) in [6.07, 6.45) is 17.7. The Kier molecular flexibility index (Phi) is 10.00. The first-order valence-electron chi connectivity index (χ1n) is 14.0. The summed E-state index contributed by atoms with van der Waals surface area (Å²) in [6.45, 7) is 2.53. The van der Waals surface area contributed by atoms with Crippen LogP contribution >= 0.6 is 0 Å². The van der Waals surface area contributed by atoms with Gasteiger partial charge in [-0.2, -0.15) is 4.39 Å². The highest BCUT2D eigenvalue weighted by Crippen LogP contribution is 2.45. The summed E-state index contributed by atoms with van der Waals surface area (Å²) >= 11 is 0. The van der Waals surface area contributed by atoms with Crippen LogP contribution in [-0.4, -0.2) is 26.0 Å². The Morgan fingerprint density at radius 2 is 1.49 bits per heavy atom. The van der Waals surface area contributed by atoms with Gasteiger partial charge >= 0.3 is 0 Å². The third-order valence-electron chi connectivity index (χ3n) is 9.08. The third-order valence-corrected chi connectivity index (χ3v) is 9.08. The lowest BCUT2D eigenvalue weighted by Gasteiger charge is -2.41. The van der Waals surface area contributed by atoms with Crippen molar-refractivity contribution in [1.82, 2.24) is 0 Å². The van der Waals surface area contributed by atoms with Crippen LogP contribution < -0.4 is 4.74 Å². The van der Waals surface area contributed by atoms with E-state index in [9.17, 15) is 13.2 Å². The SMILES string of the molecule is CCOc1ccc(CCC2CCC(C3CCC(C4CCC(/C=C/CF)OC4)CC3)CC2)c(F)c1F. The molecular weight excluding hydrogens is 449 g/mol. The Balaban J connectivity index is 1.15. The summed E-state index contributed by atoms with van der Waals surface area (Å²) in [7, 11) is 0. The molecule has 0 amide bonds. The predicted octanol–water partition coefficient (Wildman–Crippen LogP) is 8.23. The van der Waals surface area contributed by atoms with Crippen LogP contribution in [0.4, 0.5) is 13.2 Å². The predicted molar refractivity (Wildman–Crippen MR) is 134 cm³/mol. The Hall–Kier alpha value is -1.49. The van der Waals surface area contributed by atoms with Crippen molar-refractivity contribution < 1.29 is 22.6 Å². The van der Waals surface area contributed by atoms with Crippen molar-refractivity contribution in [3.63, 3.8) is 0 Å². The second kappa shape index (κ2) is 13.2. The molecule has 35 heavy (non-hydrogen) atoms. The molecule has 3 fully saturated rings. The van der Waals surface area contributed by atoms with Crippen molar-refractivity contribution in [3.05, 3.63) is 41.5 Å². The van der Waals surface area contributed by atoms with Crippen LogP contribution in [0.25, 0.3) is 0 Å². The van der Waals surface area contributed by atoms with Gasteiger partial charge in [-0.05, 0) is 112 Å². The maximum atomic E-state index is 14.4. The van der Waals surface area contributed by atoms with Gasteiger partial charge in [0.2, 0.25) is 5.82 Å². The Bertz CT molecular complexity index is 802. The van der Waals surface area contributed by atoms with Crippen LogP contribution in [0.5, 0.6) is 5.75 Å². The monoisotopic (exact) mass is 492 g/mol. The zero-order valence-electron chi connectivity index (χ0n) is 21.3. The van der Waals surface area contributed by atoms with Crippen LogP contribution in [0.15, 0.2) is 24.3 Å². The van der Waals surface area contributed by atoms with Gasteiger partial charge in [-0.15, -0.1) is 0 Å². The maximum Gasteiger partial charge on any atom is 0.200 e. The van der Waals surface area contributed by atoms with E-state index in [0.717, 1.165) is 37.2 Å². The summed E-state index contributed by atoms with van der Waals surface area (Å²) in [5.74, 6) is 2.20. The second-order valence-electron chi connectivity index (χ2n) is 11.1. The van der Waals surface area contributed by atoms with Crippen LogP contribution in [0, 0.1) is 41.2 Å². The molecule has 2 nitrogen and oxygen atoms in total. The third kappa shape index (κ3) is 7.05. The fourth-order valence-electron chi connectivity index (χ4n) is 6.95. The summed E-state index contributed by atoms with van der Waals surface area (Å²) in [5.41, 5.74) is 0.475. The number of hydrogen-bond acceptors (Lipinski definition) is 2. The molecule has 5 heteroatoms. The van der Waals surface area contributed by atoms with Gasteiger partial charge in [-0.25, -0.2) is 8.78 Å². The number of rotatable bonds is 9. The second-order valence-corrected chi connectivity index (χ2v) is 11.1. The van der Waals surface area contributed by atoms with Crippen LogP contribution in [-0.2, 0) is 11.2 Å². The van der Waals surface area contributed by atoms with Gasteiger partial charge in [0.15, 0.2) is 11.6 Å². The normalized spacial score (nSPS) is 32.1. The Morgan fingerprint density at radius 3 is 2.09 bits per heavy atom. The molecule has 0 radical (unpaired) electrons. The molecule has 2 atom stereocenters. The maximum absolute atomic E-state index is 14.4. The highest BCUT2D eigenvalue weighted by Gasteiger charge is 2.34. The topological polar surface area (TPSA) is 18.5 Å². The van der Waals surface area contributed by atoms with Gasteiger partial charge in [0.25, 0.3) is 0 Å². The minimum Gasteiger partial charge on any atom is -0.491 e. The highest BCUT2D eigenvalue weighted by molar-refractivity contribution is 5.31. The molecule has 2 saturated carbocycles. The van der Waals surface area contributed by atoms with E-state index in [2.05, 4.69) is 0 Å². The number of benzene rings is 1. The number of halogens is 3. The molecule has 0 bridgehead atoms. The van der Waals surface area contributed by atoms with Crippen molar-refractivity contribution >= 4 is 0 Å². The van der Waals surface area contributed by atoms with Gasteiger partial charge in [-0.3, -0.25) is 0 Å². The van der Waals surface area contributed by atoms with E-state index >= 15 is 0 Å². The van der Waals surface area contributed by atoms with Crippen LogP contribution in [0.1, 0.15) is 83.1 Å². The molecule has 1 aliphatic heterocycles. The molecule has 4 rings (SSSR count). The summed E-state index contributed by atoms with van der Waals surface area (Å²) < 4.78 is 52.0. The van der Waals surface area contributed by atoms with Crippen molar-refractivity contribution in [2.75, 3.05) is 19.9 Å². The molecule has 3 aliphatic rings. The molecule has 0 aromatic heterocycles.